The van der Waals surface area contributed by atoms with Crippen LogP contribution in [-0.4, -0.2) is 28.5 Å². The molecule has 4 nitrogen and oxygen atoms in total. The van der Waals surface area contributed by atoms with Crippen molar-refractivity contribution in [2.75, 3.05) is 11.9 Å². The van der Waals surface area contributed by atoms with Crippen molar-refractivity contribution in [2.45, 2.75) is 25.8 Å². The molecule has 1 aliphatic carbocycles. The summed E-state index contributed by atoms with van der Waals surface area (Å²) in [5.74, 6) is 0. The number of hydrogen-bond donors (Lipinski definition) is 1. The van der Waals surface area contributed by atoms with Crippen LogP contribution in [0, 0.1) is 0 Å². The van der Waals surface area contributed by atoms with Gasteiger partial charge in [0.15, 0.2) is 5.13 Å². The number of anilines is 1. The zero-order chi connectivity index (χ0) is 13.9. The van der Waals surface area contributed by atoms with E-state index >= 15 is 0 Å². The minimum absolute atomic E-state index is 0.0380. The topological polar surface area (TPSA) is 45.2 Å². The lowest BCUT2D eigenvalue weighted by molar-refractivity contribution is 0.212. The number of aromatic nitrogens is 1. The maximum Gasteiger partial charge on any atom is 0.323 e. The second kappa shape index (κ2) is 5.63. The first kappa shape index (κ1) is 13.1. The summed E-state index contributed by atoms with van der Waals surface area (Å²) < 4.78 is 0. The van der Waals surface area contributed by atoms with Crippen LogP contribution in [0.5, 0.6) is 0 Å². The number of benzene rings is 1. The molecule has 0 saturated heterocycles. The smallest absolute Gasteiger partial charge is 0.322 e. The minimum Gasteiger partial charge on any atom is -0.322 e. The van der Waals surface area contributed by atoms with E-state index in [0.717, 1.165) is 29.8 Å². The summed E-state index contributed by atoms with van der Waals surface area (Å²) in [5, 5.41) is 3.56. The van der Waals surface area contributed by atoms with Crippen LogP contribution < -0.4 is 5.32 Å². The third kappa shape index (κ3) is 2.82. The fraction of sp³-hybridized carbons (Fsp3) is 0.333. The molecule has 1 saturated carbocycles. The molecular weight excluding hydrogens is 270 g/mol. The van der Waals surface area contributed by atoms with Gasteiger partial charge in [-0.05, 0) is 25.3 Å². The van der Waals surface area contributed by atoms with Gasteiger partial charge < -0.3 is 4.90 Å². The predicted octanol–water partition coefficient (Wildman–Crippen LogP) is 3.83. The van der Waals surface area contributed by atoms with E-state index in [0.29, 0.717) is 11.2 Å². The van der Waals surface area contributed by atoms with E-state index in [-0.39, 0.29) is 6.03 Å². The second-order valence-corrected chi connectivity index (χ2v) is 5.87. The molecule has 104 valence electrons. The summed E-state index contributed by atoms with van der Waals surface area (Å²) in [6.45, 7) is 2.75. The number of hydrogen-bond acceptors (Lipinski definition) is 3. The van der Waals surface area contributed by atoms with Crippen LogP contribution in [-0.2, 0) is 0 Å². The van der Waals surface area contributed by atoms with Crippen molar-refractivity contribution in [1.82, 2.24) is 9.88 Å². The largest absolute Gasteiger partial charge is 0.323 e. The molecule has 1 aliphatic rings. The van der Waals surface area contributed by atoms with E-state index in [9.17, 15) is 4.79 Å². The molecule has 1 aromatic heterocycles. The van der Waals surface area contributed by atoms with Crippen molar-refractivity contribution in [2.24, 2.45) is 0 Å². The Morgan fingerprint density at radius 3 is 2.80 bits per heavy atom. The van der Waals surface area contributed by atoms with E-state index in [2.05, 4.69) is 10.3 Å². The summed E-state index contributed by atoms with van der Waals surface area (Å²) >= 11 is 1.50. The second-order valence-electron chi connectivity index (χ2n) is 4.84. The Labute approximate surface area is 122 Å². The standard InChI is InChI=1S/C15H17N3OS/c1-2-18(12-8-9-12)15(19)17-14-16-10-13(20-14)11-6-4-3-5-7-11/h3-7,10,12H,2,8-9H2,1H3,(H,16,17,19). The Morgan fingerprint density at radius 1 is 1.40 bits per heavy atom. The third-order valence-corrected chi connectivity index (χ3v) is 4.33. The van der Waals surface area contributed by atoms with Crippen LogP contribution in [0.4, 0.5) is 9.93 Å². The number of thiazole rings is 1. The molecule has 0 unspecified atom stereocenters. The molecule has 20 heavy (non-hydrogen) atoms. The van der Waals surface area contributed by atoms with Gasteiger partial charge in [0.05, 0.1) is 4.88 Å². The maximum absolute atomic E-state index is 12.2. The molecule has 0 bridgehead atoms. The van der Waals surface area contributed by atoms with Crippen molar-refractivity contribution >= 4 is 22.5 Å². The highest BCUT2D eigenvalue weighted by Crippen LogP contribution is 2.30. The van der Waals surface area contributed by atoms with Gasteiger partial charge in [-0.25, -0.2) is 9.78 Å². The summed E-state index contributed by atoms with van der Waals surface area (Å²) in [7, 11) is 0. The molecule has 0 radical (unpaired) electrons. The van der Waals surface area contributed by atoms with Crippen LogP contribution in [0.3, 0.4) is 0 Å². The van der Waals surface area contributed by atoms with Gasteiger partial charge in [-0.3, -0.25) is 5.32 Å². The average Bonchev–Trinajstić information content (AvgIpc) is 3.19. The maximum atomic E-state index is 12.2. The lowest BCUT2D eigenvalue weighted by Crippen LogP contribution is -2.36. The third-order valence-electron chi connectivity index (χ3n) is 3.37. The molecule has 0 aliphatic heterocycles. The Hall–Kier alpha value is -1.88. The van der Waals surface area contributed by atoms with E-state index < -0.39 is 0 Å². The first-order valence-electron chi connectivity index (χ1n) is 6.87. The van der Waals surface area contributed by atoms with E-state index in [1.165, 1.54) is 11.3 Å². The molecule has 3 rings (SSSR count). The van der Waals surface area contributed by atoms with Crippen LogP contribution in [0.25, 0.3) is 10.4 Å². The predicted molar refractivity (Wildman–Crippen MR) is 82.0 cm³/mol. The lowest BCUT2D eigenvalue weighted by atomic mass is 10.2. The highest BCUT2D eigenvalue weighted by Gasteiger charge is 2.31. The van der Waals surface area contributed by atoms with Gasteiger partial charge >= 0.3 is 6.03 Å². The van der Waals surface area contributed by atoms with Gasteiger partial charge in [-0.2, -0.15) is 0 Å². The van der Waals surface area contributed by atoms with E-state index in [1.54, 1.807) is 0 Å². The number of rotatable bonds is 4. The van der Waals surface area contributed by atoms with E-state index in [1.807, 2.05) is 48.4 Å². The molecular formula is C15H17N3OS. The van der Waals surface area contributed by atoms with Crippen LogP contribution in [0.2, 0.25) is 0 Å². The summed E-state index contributed by atoms with van der Waals surface area (Å²) in [6.07, 6.45) is 4.05. The van der Waals surface area contributed by atoms with Gasteiger partial charge in [-0.15, -0.1) is 0 Å². The van der Waals surface area contributed by atoms with Crippen molar-refractivity contribution in [1.29, 1.82) is 0 Å². The van der Waals surface area contributed by atoms with E-state index in [4.69, 9.17) is 0 Å². The van der Waals surface area contributed by atoms with Crippen molar-refractivity contribution in [3.63, 3.8) is 0 Å². The molecule has 5 heteroatoms. The summed E-state index contributed by atoms with van der Waals surface area (Å²) in [5.41, 5.74) is 1.13. The zero-order valence-electron chi connectivity index (χ0n) is 11.4. The average molecular weight is 287 g/mol. The quantitative estimate of drug-likeness (QED) is 0.929. The highest BCUT2D eigenvalue weighted by atomic mass is 32.1. The van der Waals surface area contributed by atoms with Crippen LogP contribution in [0.15, 0.2) is 36.5 Å². The first-order valence-corrected chi connectivity index (χ1v) is 7.68. The Bertz CT molecular complexity index is 592. The van der Waals surface area contributed by atoms with Gasteiger partial charge in [0.1, 0.15) is 0 Å². The number of carbonyl (C=O) groups excluding carboxylic acids is 1. The van der Waals surface area contributed by atoms with Crippen molar-refractivity contribution in [3.05, 3.63) is 36.5 Å². The number of nitrogens with zero attached hydrogens (tertiary/aromatic N) is 2. The number of amides is 2. The first-order chi connectivity index (χ1) is 9.78. The van der Waals surface area contributed by atoms with Gasteiger partial charge in [0.2, 0.25) is 0 Å². The Morgan fingerprint density at radius 2 is 2.15 bits per heavy atom. The Kier molecular flexibility index (Phi) is 3.69. The molecule has 0 spiro atoms. The normalized spacial score (nSPS) is 14.1. The van der Waals surface area contributed by atoms with Gasteiger partial charge in [0, 0.05) is 18.8 Å². The highest BCUT2D eigenvalue weighted by molar-refractivity contribution is 7.19. The van der Waals surface area contributed by atoms with Crippen molar-refractivity contribution < 1.29 is 4.79 Å². The summed E-state index contributed by atoms with van der Waals surface area (Å²) in [4.78, 5) is 19.4. The minimum atomic E-state index is -0.0380. The zero-order valence-corrected chi connectivity index (χ0v) is 12.2. The van der Waals surface area contributed by atoms with Crippen LogP contribution >= 0.6 is 11.3 Å². The fourth-order valence-electron chi connectivity index (χ4n) is 2.18. The molecule has 1 fully saturated rings. The number of nitrogens with one attached hydrogen (secondary N) is 1. The number of urea groups is 1. The van der Waals surface area contributed by atoms with Crippen LogP contribution in [0.1, 0.15) is 19.8 Å². The molecule has 1 heterocycles. The van der Waals surface area contributed by atoms with Crippen molar-refractivity contribution in [3.8, 4) is 10.4 Å². The fourth-order valence-corrected chi connectivity index (χ4v) is 3.00. The molecule has 0 atom stereocenters. The molecule has 2 aromatic rings. The SMILES string of the molecule is CCN(C(=O)Nc1ncc(-c2ccccc2)s1)C1CC1. The lowest BCUT2D eigenvalue weighted by Gasteiger charge is -2.19. The monoisotopic (exact) mass is 287 g/mol. The number of carbonyl (C=O) groups is 1. The molecule has 2 amide bonds. The van der Waals surface area contributed by atoms with Gasteiger partial charge in [0.25, 0.3) is 0 Å². The Balaban J connectivity index is 1.69. The summed E-state index contributed by atoms with van der Waals surface area (Å²) in [6, 6.07) is 10.5. The molecule has 1 aromatic carbocycles. The molecule has 1 N–H and O–H groups in total. The van der Waals surface area contributed by atoms with Gasteiger partial charge in [-0.1, -0.05) is 41.7 Å².